The normalized spacial score (nSPS) is 16.0. The van der Waals surface area contributed by atoms with Crippen molar-refractivity contribution in [1.29, 1.82) is 0 Å². The van der Waals surface area contributed by atoms with E-state index in [-0.39, 0.29) is 5.54 Å². The molecule has 1 aliphatic rings. The first kappa shape index (κ1) is 12.9. The van der Waals surface area contributed by atoms with Crippen molar-refractivity contribution in [3.63, 3.8) is 0 Å². The van der Waals surface area contributed by atoms with Crippen molar-refractivity contribution in [2.45, 2.75) is 38.8 Å². The Labute approximate surface area is 125 Å². The van der Waals surface area contributed by atoms with Gasteiger partial charge in [0.05, 0.1) is 0 Å². The van der Waals surface area contributed by atoms with Crippen LogP contribution < -0.4 is 5.73 Å². The van der Waals surface area contributed by atoms with Crippen LogP contribution in [0.3, 0.4) is 0 Å². The van der Waals surface area contributed by atoms with Crippen molar-refractivity contribution < 1.29 is 0 Å². The van der Waals surface area contributed by atoms with E-state index in [4.69, 9.17) is 5.73 Å². The number of benzene rings is 2. The molecule has 0 aliphatic heterocycles. The topological polar surface area (TPSA) is 30.9 Å². The van der Waals surface area contributed by atoms with Crippen LogP contribution in [0.1, 0.15) is 32.3 Å². The molecule has 0 spiro atoms. The number of fused-ring (bicyclic) bond motifs is 3. The monoisotopic (exact) mass is 278 g/mol. The van der Waals surface area contributed by atoms with Crippen molar-refractivity contribution in [3.8, 4) is 0 Å². The highest BCUT2D eigenvalue weighted by molar-refractivity contribution is 6.08. The van der Waals surface area contributed by atoms with Gasteiger partial charge < -0.3 is 10.3 Å². The van der Waals surface area contributed by atoms with Crippen molar-refractivity contribution in [2.75, 3.05) is 0 Å². The van der Waals surface area contributed by atoms with E-state index in [1.54, 1.807) is 0 Å². The lowest BCUT2D eigenvalue weighted by Gasteiger charge is -2.19. The minimum atomic E-state index is -0.298. The van der Waals surface area contributed by atoms with E-state index in [1.807, 2.05) is 0 Å². The molecule has 3 aromatic rings. The number of rotatable bonds is 3. The summed E-state index contributed by atoms with van der Waals surface area (Å²) in [4.78, 5) is 0. The molecule has 2 heteroatoms. The van der Waals surface area contributed by atoms with Gasteiger partial charge in [0.15, 0.2) is 0 Å². The minimum Gasteiger partial charge on any atom is -0.340 e. The van der Waals surface area contributed by atoms with Gasteiger partial charge in [-0.05, 0) is 56.4 Å². The Kier molecular flexibility index (Phi) is 2.67. The SMILES string of the molecule is CC(C)(N)c1ccc2c(c1)c1ccccc1n2CC1CC1. The van der Waals surface area contributed by atoms with E-state index < -0.39 is 0 Å². The van der Waals surface area contributed by atoms with Gasteiger partial charge in [-0.15, -0.1) is 0 Å². The lowest BCUT2D eigenvalue weighted by atomic mass is 9.94. The van der Waals surface area contributed by atoms with Crippen LogP contribution in [-0.4, -0.2) is 4.57 Å². The van der Waals surface area contributed by atoms with Crippen LogP contribution in [0.25, 0.3) is 21.8 Å². The average Bonchev–Trinajstić information content (AvgIpc) is 3.22. The average molecular weight is 278 g/mol. The van der Waals surface area contributed by atoms with Gasteiger partial charge in [-0.1, -0.05) is 24.3 Å². The molecule has 1 saturated carbocycles. The molecule has 2 N–H and O–H groups in total. The Morgan fingerprint density at radius 1 is 1.05 bits per heavy atom. The highest BCUT2D eigenvalue weighted by Gasteiger charge is 2.24. The summed E-state index contributed by atoms with van der Waals surface area (Å²) >= 11 is 0. The first-order chi connectivity index (χ1) is 10.0. The summed E-state index contributed by atoms with van der Waals surface area (Å²) in [6.45, 7) is 5.28. The molecule has 4 rings (SSSR count). The number of aromatic nitrogens is 1. The van der Waals surface area contributed by atoms with Crippen LogP contribution in [0, 0.1) is 5.92 Å². The molecule has 0 atom stereocenters. The Hall–Kier alpha value is -1.80. The van der Waals surface area contributed by atoms with Gasteiger partial charge in [0.2, 0.25) is 0 Å². The fourth-order valence-electron chi connectivity index (χ4n) is 3.21. The summed E-state index contributed by atoms with van der Waals surface area (Å²) in [5.74, 6) is 0.870. The predicted octanol–water partition coefficient (Wildman–Crippen LogP) is 4.40. The second-order valence-corrected chi connectivity index (χ2v) is 7.02. The van der Waals surface area contributed by atoms with Crippen molar-refractivity contribution in [2.24, 2.45) is 11.7 Å². The standard InChI is InChI=1S/C19H22N2/c1-19(2,20)14-9-10-18-16(11-14)15-5-3-4-6-17(15)21(18)12-13-7-8-13/h3-6,9-11,13H,7-8,12,20H2,1-2H3. The quantitative estimate of drug-likeness (QED) is 0.756. The van der Waals surface area contributed by atoms with E-state index in [1.165, 1.54) is 40.2 Å². The predicted molar refractivity (Wildman–Crippen MR) is 89.4 cm³/mol. The maximum absolute atomic E-state index is 6.28. The second kappa shape index (κ2) is 4.35. The van der Waals surface area contributed by atoms with Crippen LogP contribution in [0.2, 0.25) is 0 Å². The zero-order valence-corrected chi connectivity index (χ0v) is 12.8. The number of hydrogen-bond acceptors (Lipinski definition) is 1. The lowest BCUT2D eigenvalue weighted by Crippen LogP contribution is -2.28. The summed E-state index contributed by atoms with van der Waals surface area (Å²) in [6.07, 6.45) is 2.75. The van der Waals surface area contributed by atoms with E-state index in [2.05, 4.69) is 60.9 Å². The third-order valence-electron chi connectivity index (χ3n) is 4.65. The number of nitrogens with two attached hydrogens (primary N) is 1. The maximum Gasteiger partial charge on any atom is 0.0491 e. The zero-order chi connectivity index (χ0) is 14.6. The molecule has 0 saturated heterocycles. The first-order valence-corrected chi connectivity index (χ1v) is 7.84. The number of para-hydroxylation sites is 1. The second-order valence-electron chi connectivity index (χ2n) is 7.02. The largest absolute Gasteiger partial charge is 0.340 e. The lowest BCUT2D eigenvalue weighted by molar-refractivity contribution is 0.555. The molecule has 2 nitrogen and oxygen atoms in total. The fraction of sp³-hybridized carbons (Fsp3) is 0.368. The molecule has 1 aliphatic carbocycles. The van der Waals surface area contributed by atoms with E-state index in [9.17, 15) is 0 Å². The molecule has 1 fully saturated rings. The molecular weight excluding hydrogens is 256 g/mol. The Bertz CT molecular complexity index is 817. The molecule has 0 bridgehead atoms. The molecule has 108 valence electrons. The zero-order valence-electron chi connectivity index (χ0n) is 12.8. The molecule has 1 aromatic heterocycles. The van der Waals surface area contributed by atoms with E-state index in [0.717, 1.165) is 12.5 Å². The molecular formula is C19H22N2. The summed E-state index contributed by atoms with van der Waals surface area (Å²) in [7, 11) is 0. The number of hydrogen-bond donors (Lipinski definition) is 1. The van der Waals surface area contributed by atoms with Crippen LogP contribution in [0.5, 0.6) is 0 Å². The molecule has 21 heavy (non-hydrogen) atoms. The molecule has 0 radical (unpaired) electrons. The summed E-state index contributed by atoms with van der Waals surface area (Å²) in [6, 6.07) is 15.5. The van der Waals surface area contributed by atoms with Gasteiger partial charge in [0, 0.05) is 33.9 Å². The maximum atomic E-state index is 6.28. The van der Waals surface area contributed by atoms with Gasteiger partial charge >= 0.3 is 0 Å². The highest BCUT2D eigenvalue weighted by atomic mass is 15.0. The van der Waals surface area contributed by atoms with E-state index in [0.29, 0.717) is 0 Å². The highest BCUT2D eigenvalue weighted by Crippen LogP contribution is 2.36. The Balaban J connectivity index is 2.01. The third kappa shape index (κ3) is 2.14. The fourth-order valence-corrected chi connectivity index (χ4v) is 3.21. The smallest absolute Gasteiger partial charge is 0.0491 e. The molecule has 0 unspecified atom stereocenters. The molecule has 0 amide bonds. The summed E-state index contributed by atoms with van der Waals surface area (Å²) in [5.41, 5.74) is 9.88. The van der Waals surface area contributed by atoms with Gasteiger partial charge in [-0.3, -0.25) is 0 Å². The van der Waals surface area contributed by atoms with Gasteiger partial charge in [0.25, 0.3) is 0 Å². The van der Waals surface area contributed by atoms with Crippen LogP contribution >= 0.6 is 0 Å². The van der Waals surface area contributed by atoms with Crippen molar-refractivity contribution >= 4 is 21.8 Å². The van der Waals surface area contributed by atoms with Gasteiger partial charge in [-0.2, -0.15) is 0 Å². The Morgan fingerprint density at radius 2 is 1.76 bits per heavy atom. The number of nitrogens with zero attached hydrogens (tertiary/aromatic N) is 1. The molecule has 2 aromatic carbocycles. The molecule has 1 heterocycles. The van der Waals surface area contributed by atoms with Crippen LogP contribution in [-0.2, 0) is 12.1 Å². The van der Waals surface area contributed by atoms with Crippen LogP contribution in [0.15, 0.2) is 42.5 Å². The summed E-state index contributed by atoms with van der Waals surface area (Å²) in [5, 5.41) is 2.68. The van der Waals surface area contributed by atoms with Crippen molar-refractivity contribution in [3.05, 3.63) is 48.0 Å². The van der Waals surface area contributed by atoms with Crippen LogP contribution in [0.4, 0.5) is 0 Å². The van der Waals surface area contributed by atoms with Gasteiger partial charge in [0.1, 0.15) is 0 Å². The third-order valence-corrected chi connectivity index (χ3v) is 4.65. The van der Waals surface area contributed by atoms with Gasteiger partial charge in [-0.25, -0.2) is 0 Å². The summed E-state index contributed by atoms with van der Waals surface area (Å²) < 4.78 is 2.50. The van der Waals surface area contributed by atoms with Crippen molar-refractivity contribution in [1.82, 2.24) is 4.57 Å². The minimum absolute atomic E-state index is 0.298. The van der Waals surface area contributed by atoms with E-state index >= 15 is 0 Å². The Morgan fingerprint density at radius 3 is 2.48 bits per heavy atom. The first-order valence-electron chi connectivity index (χ1n) is 7.84.